The number of aliphatic hydroxyl groups excluding tert-OH is 3. The molecule has 4 fully saturated rings. The number of rotatable bonds is 23. The molecule has 7 N–H and O–H groups in total. The van der Waals surface area contributed by atoms with Crippen molar-refractivity contribution in [2.24, 2.45) is 45.8 Å². The average Bonchev–Trinajstić information content (AvgIpc) is 4.01. The topological polar surface area (TPSA) is 412 Å². The van der Waals surface area contributed by atoms with Crippen LogP contribution in [-0.2, 0) is 55.5 Å². The van der Waals surface area contributed by atoms with Crippen molar-refractivity contribution in [3.05, 3.63) is 24.3 Å². The Bertz CT molecular complexity index is 2640. The van der Waals surface area contributed by atoms with Crippen LogP contribution in [0.1, 0.15) is 105 Å². The van der Waals surface area contributed by atoms with E-state index in [4.69, 9.17) is 10.5 Å². The SMILES string of the molecule is C[C@H]([C@H](O)CC(=O)SCCNC(=O)CCNC(=O)[C@H](O)C(C)(C)COP(=O)([O-])OP(=O)([O-])OC[C@H]1O[C@@H](n2cnc3c(N)ncnc32)[C@H](O)[C@@H]1OP(=O)([O-])[O-])[C@H]1CC[C@H]2[C@@H]3CCC4=CC(=O)CC[C@]4(C)[C@H]3CC[C@]12C. The van der Waals surface area contributed by atoms with E-state index >= 15 is 0 Å². The van der Waals surface area contributed by atoms with E-state index < -0.39 is 90.7 Å². The predicted octanol–water partition coefficient (Wildman–Crippen LogP) is 0.672. The molecule has 0 bridgehead atoms. The molecule has 0 radical (unpaired) electrons. The number of allylic oxidation sites excluding steroid dienone is 1. The van der Waals surface area contributed by atoms with Gasteiger partial charge in [0.15, 0.2) is 28.6 Å². The molecule has 7 rings (SSSR count). The number of thioether (sulfide) groups is 1. The van der Waals surface area contributed by atoms with Crippen LogP contribution >= 0.6 is 35.2 Å². The minimum absolute atomic E-state index is 0.0181. The fourth-order valence-corrected chi connectivity index (χ4v) is 15.9. The summed E-state index contributed by atoms with van der Waals surface area (Å²) in [4.78, 5) is 111. The summed E-state index contributed by atoms with van der Waals surface area (Å²) in [5, 5.41) is 37.7. The van der Waals surface area contributed by atoms with Crippen molar-refractivity contribution in [3.8, 4) is 0 Å². The van der Waals surface area contributed by atoms with Crippen LogP contribution in [-0.4, -0.2) is 120 Å². The van der Waals surface area contributed by atoms with Crippen LogP contribution in [0.25, 0.3) is 11.2 Å². The number of hydrogen-bond acceptors (Lipinski definition) is 24. The number of ketones is 1. The van der Waals surface area contributed by atoms with E-state index in [0.29, 0.717) is 24.2 Å². The second-order valence-corrected chi connectivity index (χ2v) is 26.7. The average molecular weight is 1130 g/mol. The Morgan fingerprint density at radius 1 is 0.987 bits per heavy atom. The predicted molar refractivity (Wildman–Crippen MR) is 258 cm³/mol. The molecular weight excluding hydrogens is 1070 g/mol. The van der Waals surface area contributed by atoms with Crippen molar-refractivity contribution in [2.45, 2.75) is 136 Å². The first kappa shape index (κ1) is 59.6. The zero-order chi connectivity index (χ0) is 55.1. The number of carbonyl (C=O) groups excluding carboxylic acids is 4. The lowest BCUT2D eigenvalue weighted by Crippen LogP contribution is -2.51. The first-order valence-electron chi connectivity index (χ1n) is 24.8. The normalized spacial score (nSPS) is 31.7. The second-order valence-electron chi connectivity index (χ2n) is 21.5. The number of imidazole rings is 1. The van der Waals surface area contributed by atoms with E-state index in [1.54, 1.807) is 0 Å². The van der Waals surface area contributed by atoms with E-state index in [1.807, 2.05) is 6.08 Å². The Labute approximate surface area is 437 Å². The number of aliphatic hydroxyl groups is 3. The fraction of sp³-hybridized carbons (Fsp3) is 0.756. The van der Waals surface area contributed by atoms with E-state index in [-0.39, 0.29) is 82.2 Å². The van der Waals surface area contributed by atoms with Crippen molar-refractivity contribution >= 4 is 74.9 Å². The van der Waals surface area contributed by atoms with Crippen LogP contribution in [0.15, 0.2) is 24.3 Å². The standard InChI is InChI=1S/C45H70N7O19P3S/c1-24(28-8-9-29-27-7-6-25-18-26(53)10-13-44(25,4)30(27)11-14-45(28,29)5)31(54)19-34(56)75-17-16-47-33(55)12-15-48-41(59)38(58)43(2,3)21-68-74(65,66)71-73(63,64)67-20-32-37(70-72(60,61)62)36(57)42(69-32)52-23-51-35-39(46)49-22-50-40(35)52/h18,22-24,27-32,36-38,42,54,57-58H,6-17,19-21H2,1-5H3,(H,47,55)(H,48,59)(H,63,64)(H,65,66)(H2,46,49,50)(H2,60,61,62)/p-4/t24-,27-,28+,29-,30-,31+,32+,36+,37+,38-,42+,44-,45+/m0/s1. The Morgan fingerprint density at radius 2 is 1.71 bits per heavy atom. The number of anilines is 1. The maximum absolute atomic E-state index is 13.0. The first-order valence-corrected chi connectivity index (χ1v) is 30.2. The van der Waals surface area contributed by atoms with Gasteiger partial charge in [-0.25, -0.2) is 19.3 Å². The number of nitrogens with two attached hydrogens (primary N) is 1. The summed E-state index contributed by atoms with van der Waals surface area (Å²) in [6, 6.07) is 0. The highest BCUT2D eigenvalue weighted by Crippen LogP contribution is 2.68. The monoisotopic (exact) mass is 1130 g/mol. The third-order valence-corrected chi connectivity index (χ3v) is 20.3. The molecule has 420 valence electrons. The molecule has 3 heterocycles. The van der Waals surface area contributed by atoms with Crippen molar-refractivity contribution in [1.82, 2.24) is 30.2 Å². The fourth-order valence-electron chi connectivity index (χ4n) is 12.4. The highest BCUT2D eigenvalue weighted by atomic mass is 32.2. The van der Waals surface area contributed by atoms with Gasteiger partial charge in [-0.15, -0.1) is 0 Å². The minimum atomic E-state index is -5.95. The second kappa shape index (κ2) is 23.3. The molecule has 30 heteroatoms. The first-order chi connectivity index (χ1) is 34.9. The van der Waals surface area contributed by atoms with Gasteiger partial charge in [0, 0.05) is 43.5 Å². The Kier molecular flexibility index (Phi) is 18.5. The zero-order valence-corrected chi connectivity index (χ0v) is 45.7. The van der Waals surface area contributed by atoms with E-state index in [2.05, 4.69) is 64.2 Å². The number of fused-ring (bicyclic) bond motifs is 6. The molecule has 0 spiro atoms. The number of nitrogens with zero attached hydrogens (tertiary/aromatic N) is 4. The lowest BCUT2D eigenvalue weighted by Gasteiger charge is -2.58. The maximum atomic E-state index is 13.0. The molecule has 0 aromatic carbocycles. The van der Waals surface area contributed by atoms with Gasteiger partial charge in [-0.3, -0.25) is 32.9 Å². The smallest absolute Gasteiger partial charge is 0.274 e. The number of phosphoric acid groups is 3. The van der Waals surface area contributed by atoms with Crippen LogP contribution < -0.4 is 35.9 Å². The molecular formula is C45H66N7O19P3S-4. The Morgan fingerprint density at radius 3 is 2.43 bits per heavy atom. The van der Waals surface area contributed by atoms with Gasteiger partial charge in [0.1, 0.15) is 36.3 Å². The molecule has 2 amide bonds. The number of carbonyl (C=O) groups is 4. The molecule has 5 aliphatic rings. The Balaban J connectivity index is 0.785. The van der Waals surface area contributed by atoms with Gasteiger partial charge >= 0.3 is 0 Å². The van der Waals surface area contributed by atoms with Crippen molar-refractivity contribution in [1.29, 1.82) is 0 Å². The van der Waals surface area contributed by atoms with Crippen molar-refractivity contribution < 1.29 is 90.4 Å². The van der Waals surface area contributed by atoms with Crippen LogP contribution in [0.2, 0.25) is 0 Å². The van der Waals surface area contributed by atoms with Gasteiger partial charge in [0.2, 0.25) is 11.8 Å². The number of hydrogen-bond donors (Lipinski definition) is 6. The molecule has 2 unspecified atom stereocenters. The summed E-state index contributed by atoms with van der Waals surface area (Å²) in [6.45, 7) is 6.76. The largest absolute Gasteiger partial charge is 0.790 e. The van der Waals surface area contributed by atoms with Gasteiger partial charge < -0.3 is 74.1 Å². The van der Waals surface area contributed by atoms with Crippen LogP contribution in [0.4, 0.5) is 5.82 Å². The molecule has 3 saturated carbocycles. The molecule has 75 heavy (non-hydrogen) atoms. The molecule has 2 aromatic heterocycles. The van der Waals surface area contributed by atoms with Crippen LogP contribution in [0.3, 0.4) is 0 Å². The molecule has 2 aromatic rings. The number of ether oxygens (including phenoxy) is 1. The highest BCUT2D eigenvalue weighted by Gasteiger charge is 2.60. The molecule has 1 saturated heterocycles. The summed E-state index contributed by atoms with van der Waals surface area (Å²) in [7, 11) is -17.7. The number of amides is 2. The molecule has 4 aliphatic carbocycles. The number of nitrogens with one attached hydrogen (secondary N) is 2. The molecule has 26 nitrogen and oxygen atoms in total. The van der Waals surface area contributed by atoms with Gasteiger partial charge in [0.25, 0.3) is 15.6 Å². The third-order valence-electron chi connectivity index (χ3n) is 16.4. The lowest BCUT2D eigenvalue weighted by atomic mass is 9.46. The molecule has 1 aliphatic heterocycles. The molecule has 15 atom stereocenters. The Hall–Kier alpha value is -3.07. The number of phosphoric ester groups is 3. The van der Waals surface area contributed by atoms with E-state index in [1.165, 1.54) is 19.4 Å². The van der Waals surface area contributed by atoms with Gasteiger partial charge in [0.05, 0.1) is 33.5 Å². The van der Waals surface area contributed by atoms with Gasteiger partial charge in [-0.05, 0) is 91.4 Å². The summed E-state index contributed by atoms with van der Waals surface area (Å²) in [5.41, 5.74) is 5.55. The number of aromatic nitrogens is 4. The van der Waals surface area contributed by atoms with E-state index in [9.17, 15) is 67.8 Å². The van der Waals surface area contributed by atoms with Crippen molar-refractivity contribution in [2.75, 3.05) is 37.8 Å². The zero-order valence-electron chi connectivity index (χ0n) is 42.2. The van der Waals surface area contributed by atoms with Gasteiger partial charge in [-0.2, -0.15) is 0 Å². The summed E-state index contributed by atoms with van der Waals surface area (Å²) in [6.07, 6.45) is 1.28. The maximum Gasteiger partial charge on any atom is 0.274 e. The van der Waals surface area contributed by atoms with E-state index in [0.717, 1.165) is 73.9 Å². The quantitative estimate of drug-likeness (QED) is 0.0658. The minimum Gasteiger partial charge on any atom is -0.790 e. The van der Waals surface area contributed by atoms with Crippen LogP contribution in [0.5, 0.6) is 0 Å². The lowest BCUT2D eigenvalue weighted by molar-refractivity contribution is -0.347. The summed E-state index contributed by atoms with van der Waals surface area (Å²) in [5.74, 6) is 0.787. The van der Waals surface area contributed by atoms with Crippen molar-refractivity contribution in [3.63, 3.8) is 0 Å². The van der Waals surface area contributed by atoms with Gasteiger partial charge in [-0.1, -0.05) is 52.0 Å². The number of nitrogen functional groups attached to an aromatic ring is 1. The third kappa shape index (κ3) is 13.7. The summed E-state index contributed by atoms with van der Waals surface area (Å²) < 4.78 is 61.1. The highest BCUT2D eigenvalue weighted by molar-refractivity contribution is 8.13. The van der Waals surface area contributed by atoms with Crippen LogP contribution in [0, 0.1) is 45.8 Å². The summed E-state index contributed by atoms with van der Waals surface area (Å²) >= 11 is 1.00.